The summed E-state index contributed by atoms with van der Waals surface area (Å²) in [5.74, 6) is 2.33. The SMILES string of the molecule is CCOc1ccc(-c2noc(CSC(C)C(=O)N(C)c3ccccc3)n2)cc1. The van der Waals surface area contributed by atoms with Crippen LogP contribution >= 0.6 is 11.8 Å². The molecule has 7 heteroatoms. The number of amides is 1. The molecule has 2 aromatic carbocycles. The summed E-state index contributed by atoms with van der Waals surface area (Å²) in [6, 6.07) is 17.1. The van der Waals surface area contributed by atoms with E-state index >= 15 is 0 Å². The number of aromatic nitrogens is 2. The fourth-order valence-corrected chi connectivity index (χ4v) is 3.43. The van der Waals surface area contributed by atoms with Crippen LogP contribution in [0.2, 0.25) is 0 Å². The number of nitrogens with zero attached hydrogens (tertiary/aromatic N) is 3. The van der Waals surface area contributed by atoms with E-state index in [0.717, 1.165) is 17.0 Å². The van der Waals surface area contributed by atoms with Crippen molar-refractivity contribution >= 4 is 23.4 Å². The van der Waals surface area contributed by atoms with Gasteiger partial charge in [0.05, 0.1) is 17.6 Å². The van der Waals surface area contributed by atoms with E-state index in [2.05, 4.69) is 10.1 Å². The van der Waals surface area contributed by atoms with Crippen LogP contribution in [0.15, 0.2) is 59.1 Å². The monoisotopic (exact) mass is 397 g/mol. The van der Waals surface area contributed by atoms with Crippen LogP contribution in [0.4, 0.5) is 5.69 Å². The summed E-state index contributed by atoms with van der Waals surface area (Å²) in [6.45, 7) is 4.45. The van der Waals surface area contributed by atoms with E-state index in [4.69, 9.17) is 9.26 Å². The van der Waals surface area contributed by atoms with Crippen molar-refractivity contribution in [3.63, 3.8) is 0 Å². The topological polar surface area (TPSA) is 68.5 Å². The smallest absolute Gasteiger partial charge is 0.239 e. The molecule has 3 rings (SSSR count). The van der Waals surface area contributed by atoms with Gasteiger partial charge in [0.2, 0.25) is 17.6 Å². The number of anilines is 1. The largest absolute Gasteiger partial charge is 0.494 e. The normalized spacial score (nSPS) is 11.8. The van der Waals surface area contributed by atoms with Crippen LogP contribution in [0.3, 0.4) is 0 Å². The zero-order valence-corrected chi connectivity index (χ0v) is 17.0. The Hall–Kier alpha value is -2.80. The Morgan fingerprint density at radius 1 is 1.18 bits per heavy atom. The predicted molar refractivity (Wildman–Crippen MR) is 112 cm³/mol. The van der Waals surface area contributed by atoms with Gasteiger partial charge in [-0.15, -0.1) is 11.8 Å². The maximum Gasteiger partial charge on any atom is 0.239 e. The fraction of sp³-hybridized carbons (Fsp3) is 0.286. The molecule has 1 aromatic heterocycles. The lowest BCUT2D eigenvalue weighted by atomic mass is 10.2. The number of carbonyl (C=O) groups is 1. The third-order valence-corrected chi connectivity index (χ3v) is 5.29. The quantitative estimate of drug-likeness (QED) is 0.560. The van der Waals surface area contributed by atoms with Gasteiger partial charge in [0.25, 0.3) is 0 Å². The lowest BCUT2D eigenvalue weighted by Crippen LogP contribution is -2.33. The maximum absolute atomic E-state index is 12.6. The van der Waals surface area contributed by atoms with Crippen LogP contribution in [-0.2, 0) is 10.5 Å². The van der Waals surface area contributed by atoms with Crippen molar-refractivity contribution in [3.8, 4) is 17.1 Å². The van der Waals surface area contributed by atoms with Crippen LogP contribution in [0.5, 0.6) is 5.75 Å². The summed E-state index contributed by atoms with van der Waals surface area (Å²) in [4.78, 5) is 18.7. The van der Waals surface area contributed by atoms with E-state index in [9.17, 15) is 4.79 Å². The van der Waals surface area contributed by atoms with E-state index in [1.807, 2.05) is 68.4 Å². The van der Waals surface area contributed by atoms with Gasteiger partial charge < -0.3 is 14.2 Å². The minimum atomic E-state index is -0.231. The van der Waals surface area contributed by atoms with Crippen LogP contribution in [-0.4, -0.2) is 35.0 Å². The summed E-state index contributed by atoms with van der Waals surface area (Å²) in [5.41, 5.74) is 1.73. The molecule has 0 aliphatic heterocycles. The number of carbonyl (C=O) groups excluding carboxylic acids is 1. The van der Waals surface area contributed by atoms with E-state index in [-0.39, 0.29) is 11.2 Å². The molecular formula is C21H23N3O3S. The summed E-state index contributed by atoms with van der Waals surface area (Å²) in [6.07, 6.45) is 0. The van der Waals surface area contributed by atoms with Gasteiger partial charge in [-0.1, -0.05) is 23.4 Å². The first-order chi connectivity index (χ1) is 13.6. The lowest BCUT2D eigenvalue weighted by Gasteiger charge is -2.20. The van der Waals surface area contributed by atoms with Gasteiger partial charge in [0, 0.05) is 18.3 Å². The molecule has 0 saturated heterocycles. The van der Waals surface area contributed by atoms with E-state index in [1.54, 1.807) is 11.9 Å². The Labute approximate surface area is 168 Å². The lowest BCUT2D eigenvalue weighted by molar-refractivity contribution is -0.117. The van der Waals surface area contributed by atoms with Crippen molar-refractivity contribution in [1.82, 2.24) is 10.1 Å². The fourth-order valence-electron chi connectivity index (χ4n) is 2.62. The highest BCUT2D eigenvalue weighted by Crippen LogP contribution is 2.24. The third-order valence-electron chi connectivity index (χ3n) is 4.17. The summed E-state index contributed by atoms with van der Waals surface area (Å²) in [7, 11) is 1.78. The molecular weight excluding hydrogens is 374 g/mol. The second-order valence-corrected chi connectivity index (χ2v) is 7.48. The summed E-state index contributed by atoms with van der Waals surface area (Å²) < 4.78 is 10.8. The molecule has 1 atom stereocenters. The van der Waals surface area contributed by atoms with Crippen molar-refractivity contribution in [2.45, 2.75) is 24.9 Å². The summed E-state index contributed by atoms with van der Waals surface area (Å²) >= 11 is 1.47. The molecule has 0 aliphatic rings. The number of para-hydroxylation sites is 1. The average Bonchev–Trinajstić information content (AvgIpc) is 3.21. The van der Waals surface area contributed by atoms with Crippen molar-refractivity contribution < 1.29 is 14.1 Å². The highest BCUT2D eigenvalue weighted by molar-refractivity contribution is 7.99. The van der Waals surface area contributed by atoms with Gasteiger partial charge in [-0.2, -0.15) is 4.98 Å². The predicted octanol–water partition coefficient (Wildman–Crippen LogP) is 4.42. The number of hydrogen-bond donors (Lipinski definition) is 0. The highest BCUT2D eigenvalue weighted by Gasteiger charge is 2.20. The van der Waals surface area contributed by atoms with Crippen molar-refractivity contribution in [2.24, 2.45) is 0 Å². The molecule has 1 unspecified atom stereocenters. The zero-order chi connectivity index (χ0) is 19.9. The van der Waals surface area contributed by atoms with Crippen LogP contribution in [0, 0.1) is 0 Å². The molecule has 0 fully saturated rings. The molecule has 0 aliphatic carbocycles. The van der Waals surface area contributed by atoms with Gasteiger partial charge >= 0.3 is 0 Å². The molecule has 28 heavy (non-hydrogen) atoms. The van der Waals surface area contributed by atoms with Crippen molar-refractivity contribution in [3.05, 3.63) is 60.5 Å². The van der Waals surface area contributed by atoms with Crippen LogP contribution in [0.1, 0.15) is 19.7 Å². The van der Waals surface area contributed by atoms with Crippen LogP contribution < -0.4 is 9.64 Å². The van der Waals surface area contributed by atoms with E-state index in [1.165, 1.54) is 11.8 Å². The molecule has 0 bridgehead atoms. The number of hydrogen-bond acceptors (Lipinski definition) is 6. The van der Waals surface area contributed by atoms with Crippen LogP contribution in [0.25, 0.3) is 11.4 Å². The average molecular weight is 398 g/mol. The Balaban J connectivity index is 1.57. The Morgan fingerprint density at radius 2 is 1.89 bits per heavy atom. The molecule has 1 heterocycles. The summed E-state index contributed by atoms with van der Waals surface area (Å²) in [5, 5.41) is 3.80. The second-order valence-electron chi connectivity index (χ2n) is 6.16. The third kappa shape index (κ3) is 4.92. The second kappa shape index (κ2) is 9.41. The van der Waals surface area contributed by atoms with Gasteiger partial charge in [0.15, 0.2) is 0 Å². The number of rotatable bonds is 8. The first-order valence-electron chi connectivity index (χ1n) is 9.08. The van der Waals surface area contributed by atoms with E-state index in [0.29, 0.717) is 24.1 Å². The first kappa shape index (κ1) is 19.9. The highest BCUT2D eigenvalue weighted by atomic mass is 32.2. The number of thioether (sulfide) groups is 1. The Bertz CT molecular complexity index is 897. The molecule has 3 aromatic rings. The minimum absolute atomic E-state index is 0.0300. The molecule has 1 amide bonds. The number of ether oxygens (including phenoxy) is 1. The molecule has 0 saturated carbocycles. The van der Waals surface area contributed by atoms with E-state index < -0.39 is 0 Å². The molecule has 0 N–H and O–H groups in total. The Kier molecular flexibility index (Phi) is 6.71. The van der Waals surface area contributed by atoms with Gasteiger partial charge in [0.1, 0.15) is 5.75 Å². The molecule has 0 spiro atoms. The van der Waals surface area contributed by atoms with Gasteiger partial charge in [-0.3, -0.25) is 4.79 Å². The van der Waals surface area contributed by atoms with Gasteiger partial charge in [-0.25, -0.2) is 0 Å². The van der Waals surface area contributed by atoms with Crippen molar-refractivity contribution in [1.29, 1.82) is 0 Å². The zero-order valence-electron chi connectivity index (χ0n) is 16.2. The first-order valence-corrected chi connectivity index (χ1v) is 10.1. The molecule has 0 radical (unpaired) electrons. The maximum atomic E-state index is 12.6. The Morgan fingerprint density at radius 3 is 2.57 bits per heavy atom. The molecule has 6 nitrogen and oxygen atoms in total. The van der Waals surface area contributed by atoms with Gasteiger partial charge in [-0.05, 0) is 50.2 Å². The standard InChI is InChI=1S/C21H23N3O3S/c1-4-26-18-12-10-16(11-13-18)20-22-19(27-23-20)14-28-15(2)21(25)24(3)17-8-6-5-7-9-17/h5-13,15H,4,14H2,1-3H3. The number of benzene rings is 2. The van der Waals surface area contributed by atoms with Crippen molar-refractivity contribution in [2.75, 3.05) is 18.6 Å². The molecule has 146 valence electrons. The minimum Gasteiger partial charge on any atom is -0.494 e.